The number of aliphatic hydroxyl groups is 2. The number of nitro groups is 1. The number of rotatable bonds is 5. The third kappa shape index (κ3) is 3.12. The van der Waals surface area contributed by atoms with Gasteiger partial charge in [-0.05, 0) is 23.3 Å². The molecule has 0 aliphatic rings. The van der Waals surface area contributed by atoms with E-state index in [-0.39, 0.29) is 16.8 Å². The fourth-order valence-corrected chi connectivity index (χ4v) is 1.44. The van der Waals surface area contributed by atoms with Crippen molar-refractivity contribution in [3.8, 4) is 0 Å². The van der Waals surface area contributed by atoms with Crippen molar-refractivity contribution in [3.63, 3.8) is 0 Å². The zero-order chi connectivity index (χ0) is 13.7. The fourth-order valence-electron chi connectivity index (χ4n) is 1.44. The summed E-state index contributed by atoms with van der Waals surface area (Å²) in [5.41, 5.74) is 0.280. The lowest BCUT2D eigenvalue weighted by Crippen LogP contribution is -2.00. The summed E-state index contributed by atoms with van der Waals surface area (Å²) in [6.07, 6.45) is 1.84. The van der Waals surface area contributed by atoms with Gasteiger partial charge in [0.15, 0.2) is 0 Å². The van der Waals surface area contributed by atoms with Gasteiger partial charge in [0, 0.05) is 12.1 Å². The molecule has 96 valence electrons. The van der Waals surface area contributed by atoms with E-state index in [1.54, 1.807) is 0 Å². The minimum Gasteiger partial charge on any atom is -0.478 e. The summed E-state index contributed by atoms with van der Waals surface area (Å²) < 4.78 is 0. The first-order chi connectivity index (χ1) is 8.49. The quantitative estimate of drug-likeness (QED) is 0.403. The predicted molar refractivity (Wildman–Crippen MR) is 61.6 cm³/mol. The molecule has 7 heteroatoms. The van der Waals surface area contributed by atoms with E-state index in [0.29, 0.717) is 5.56 Å². The lowest BCUT2D eigenvalue weighted by Gasteiger charge is -2.06. The van der Waals surface area contributed by atoms with E-state index in [2.05, 4.69) is 0 Å². The van der Waals surface area contributed by atoms with Gasteiger partial charge in [-0.15, -0.1) is 0 Å². The normalized spacial score (nSPS) is 10.8. The molecular formula is C11H11NO6. The van der Waals surface area contributed by atoms with Gasteiger partial charge in [0.2, 0.25) is 0 Å². The number of carboxylic acid groups (broad SMARTS) is 1. The second-order valence-electron chi connectivity index (χ2n) is 3.42. The maximum Gasteiger partial charge on any atom is 0.328 e. The van der Waals surface area contributed by atoms with E-state index in [1.165, 1.54) is 6.07 Å². The van der Waals surface area contributed by atoms with E-state index < -0.39 is 24.1 Å². The third-order valence-corrected chi connectivity index (χ3v) is 2.29. The van der Waals surface area contributed by atoms with Gasteiger partial charge in [0.25, 0.3) is 5.69 Å². The Hall–Kier alpha value is -2.25. The number of carbonyl (C=O) groups is 1. The summed E-state index contributed by atoms with van der Waals surface area (Å²) in [6, 6.07) is 2.40. The Morgan fingerprint density at radius 2 is 1.83 bits per heavy atom. The molecule has 1 aromatic carbocycles. The Balaban J connectivity index is 3.37. The zero-order valence-electron chi connectivity index (χ0n) is 9.24. The first kappa shape index (κ1) is 13.8. The van der Waals surface area contributed by atoms with Crippen molar-refractivity contribution in [2.75, 3.05) is 0 Å². The zero-order valence-corrected chi connectivity index (χ0v) is 9.24. The van der Waals surface area contributed by atoms with Crippen molar-refractivity contribution in [2.45, 2.75) is 13.2 Å². The van der Waals surface area contributed by atoms with Gasteiger partial charge in [0.05, 0.1) is 23.7 Å². The van der Waals surface area contributed by atoms with Crippen LogP contribution >= 0.6 is 0 Å². The summed E-state index contributed by atoms with van der Waals surface area (Å²) in [5, 5.41) is 37.4. The van der Waals surface area contributed by atoms with Crippen molar-refractivity contribution in [3.05, 3.63) is 45.0 Å². The number of nitrogens with zero attached hydrogens (tertiary/aromatic N) is 1. The molecule has 0 aromatic heterocycles. The van der Waals surface area contributed by atoms with E-state index >= 15 is 0 Å². The second kappa shape index (κ2) is 5.89. The molecule has 0 aliphatic heterocycles. The van der Waals surface area contributed by atoms with Gasteiger partial charge in [-0.2, -0.15) is 0 Å². The molecule has 7 nitrogen and oxygen atoms in total. The lowest BCUT2D eigenvalue weighted by atomic mass is 10.0. The first-order valence-corrected chi connectivity index (χ1v) is 4.92. The number of aliphatic carboxylic acids is 1. The number of hydrogen-bond acceptors (Lipinski definition) is 5. The van der Waals surface area contributed by atoms with Gasteiger partial charge >= 0.3 is 5.97 Å². The van der Waals surface area contributed by atoms with Crippen LogP contribution in [-0.4, -0.2) is 26.2 Å². The van der Waals surface area contributed by atoms with Crippen LogP contribution in [0.25, 0.3) is 6.08 Å². The summed E-state index contributed by atoms with van der Waals surface area (Å²) >= 11 is 0. The monoisotopic (exact) mass is 253 g/mol. The van der Waals surface area contributed by atoms with Crippen LogP contribution in [0, 0.1) is 10.1 Å². The van der Waals surface area contributed by atoms with Crippen molar-refractivity contribution in [1.82, 2.24) is 0 Å². The van der Waals surface area contributed by atoms with Gasteiger partial charge in [0.1, 0.15) is 0 Å². The maximum atomic E-state index is 10.8. The molecule has 0 amide bonds. The van der Waals surface area contributed by atoms with Gasteiger partial charge in [-0.25, -0.2) is 4.79 Å². The van der Waals surface area contributed by atoms with Crippen molar-refractivity contribution in [2.24, 2.45) is 0 Å². The molecule has 1 aromatic rings. The summed E-state index contributed by atoms with van der Waals surface area (Å²) in [7, 11) is 0. The highest BCUT2D eigenvalue weighted by atomic mass is 16.6. The molecule has 0 saturated heterocycles. The van der Waals surface area contributed by atoms with E-state index in [0.717, 1.165) is 18.2 Å². The SMILES string of the molecule is O=C(O)C=Cc1cc(CO)c(CO)cc1[N+](=O)[O-]. The highest BCUT2D eigenvalue weighted by molar-refractivity contribution is 5.86. The van der Waals surface area contributed by atoms with Crippen LogP contribution in [0.3, 0.4) is 0 Å². The van der Waals surface area contributed by atoms with Crippen LogP contribution in [-0.2, 0) is 18.0 Å². The molecule has 0 heterocycles. The van der Waals surface area contributed by atoms with Crippen LogP contribution in [0.1, 0.15) is 16.7 Å². The number of carboxylic acids is 1. The Kier molecular flexibility index (Phi) is 4.52. The average molecular weight is 253 g/mol. The average Bonchev–Trinajstić information content (AvgIpc) is 2.34. The van der Waals surface area contributed by atoms with Crippen molar-refractivity contribution < 1.29 is 25.0 Å². The molecule has 0 unspecified atom stereocenters. The van der Waals surface area contributed by atoms with Crippen LogP contribution < -0.4 is 0 Å². The minimum absolute atomic E-state index is 0.0589. The number of aliphatic hydroxyl groups excluding tert-OH is 2. The molecule has 0 spiro atoms. The summed E-state index contributed by atoms with van der Waals surface area (Å²) in [4.78, 5) is 20.5. The number of hydrogen-bond donors (Lipinski definition) is 3. The standard InChI is InChI=1S/C11H11NO6/c13-5-8-3-7(1-2-11(15)16)10(12(17)18)4-9(8)6-14/h1-4,13-14H,5-6H2,(H,15,16). The predicted octanol–water partition coefficient (Wildman–Crippen LogP) is 0.677. The molecule has 0 radical (unpaired) electrons. The maximum absolute atomic E-state index is 10.8. The smallest absolute Gasteiger partial charge is 0.328 e. The number of nitro benzene ring substituents is 1. The van der Waals surface area contributed by atoms with Crippen LogP contribution in [0.5, 0.6) is 0 Å². The molecular weight excluding hydrogens is 242 g/mol. The van der Waals surface area contributed by atoms with Crippen LogP contribution in [0.4, 0.5) is 5.69 Å². The minimum atomic E-state index is -1.24. The first-order valence-electron chi connectivity index (χ1n) is 4.92. The van der Waals surface area contributed by atoms with Crippen molar-refractivity contribution >= 4 is 17.7 Å². The van der Waals surface area contributed by atoms with Crippen LogP contribution in [0.15, 0.2) is 18.2 Å². The number of benzene rings is 1. The highest BCUT2D eigenvalue weighted by Crippen LogP contribution is 2.25. The Morgan fingerprint density at radius 3 is 2.28 bits per heavy atom. The van der Waals surface area contributed by atoms with E-state index in [1.807, 2.05) is 0 Å². The summed E-state index contributed by atoms with van der Waals surface area (Å²) in [6.45, 7) is -0.846. The second-order valence-corrected chi connectivity index (χ2v) is 3.42. The largest absolute Gasteiger partial charge is 0.478 e. The van der Waals surface area contributed by atoms with Crippen LogP contribution in [0.2, 0.25) is 0 Å². The van der Waals surface area contributed by atoms with E-state index in [4.69, 9.17) is 15.3 Å². The van der Waals surface area contributed by atoms with E-state index in [9.17, 15) is 14.9 Å². The Bertz CT molecular complexity index is 509. The van der Waals surface area contributed by atoms with Gasteiger partial charge in [-0.1, -0.05) is 0 Å². The molecule has 3 N–H and O–H groups in total. The molecule has 1 rings (SSSR count). The molecule has 0 atom stereocenters. The lowest BCUT2D eigenvalue weighted by molar-refractivity contribution is -0.385. The Labute approximate surface area is 102 Å². The molecule has 18 heavy (non-hydrogen) atoms. The molecule has 0 saturated carbocycles. The topological polar surface area (TPSA) is 121 Å². The van der Waals surface area contributed by atoms with Gasteiger partial charge < -0.3 is 15.3 Å². The van der Waals surface area contributed by atoms with Gasteiger partial charge in [-0.3, -0.25) is 10.1 Å². The summed E-state index contributed by atoms with van der Waals surface area (Å²) in [5.74, 6) is -1.24. The fraction of sp³-hybridized carbons (Fsp3) is 0.182. The van der Waals surface area contributed by atoms with Crippen molar-refractivity contribution in [1.29, 1.82) is 0 Å². The molecule has 0 aliphatic carbocycles. The molecule has 0 bridgehead atoms. The highest BCUT2D eigenvalue weighted by Gasteiger charge is 2.16. The molecule has 0 fully saturated rings. The third-order valence-electron chi connectivity index (χ3n) is 2.29. The Morgan fingerprint density at radius 1 is 1.28 bits per heavy atom.